The lowest BCUT2D eigenvalue weighted by atomic mass is 10.1. The topological polar surface area (TPSA) is 81.9 Å². The SMILES string of the molecule is CCCn1ncnc1CC(NN)c1ccco1. The molecule has 0 aliphatic heterocycles. The zero-order chi connectivity index (χ0) is 12.1. The predicted molar refractivity (Wildman–Crippen MR) is 62.8 cm³/mol. The van der Waals surface area contributed by atoms with Crippen LogP contribution in [0.3, 0.4) is 0 Å². The van der Waals surface area contributed by atoms with Gasteiger partial charge < -0.3 is 4.42 Å². The Morgan fingerprint density at radius 1 is 1.59 bits per heavy atom. The average molecular weight is 235 g/mol. The van der Waals surface area contributed by atoms with Gasteiger partial charge in [0.05, 0.1) is 12.3 Å². The zero-order valence-corrected chi connectivity index (χ0v) is 9.84. The van der Waals surface area contributed by atoms with Gasteiger partial charge in [-0.1, -0.05) is 6.92 Å². The molecule has 0 saturated carbocycles. The molecule has 0 spiro atoms. The summed E-state index contributed by atoms with van der Waals surface area (Å²) in [6.07, 6.45) is 4.89. The lowest BCUT2D eigenvalue weighted by molar-refractivity contribution is 0.404. The van der Waals surface area contributed by atoms with Gasteiger partial charge in [0.25, 0.3) is 0 Å². The van der Waals surface area contributed by atoms with E-state index in [4.69, 9.17) is 10.3 Å². The van der Waals surface area contributed by atoms with Crippen molar-refractivity contribution in [3.05, 3.63) is 36.3 Å². The molecule has 92 valence electrons. The van der Waals surface area contributed by atoms with Gasteiger partial charge >= 0.3 is 0 Å². The van der Waals surface area contributed by atoms with Crippen LogP contribution in [-0.4, -0.2) is 14.8 Å². The Morgan fingerprint density at radius 3 is 3.12 bits per heavy atom. The highest BCUT2D eigenvalue weighted by Gasteiger charge is 2.16. The molecule has 2 aromatic rings. The Balaban J connectivity index is 2.10. The molecule has 0 amide bonds. The second kappa shape index (κ2) is 5.60. The third-order valence-electron chi connectivity index (χ3n) is 2.61. The lowest BCUT2D eigenvalue weighted by Crippen LogP contribution is -2.30. The van der Waals surface area contributed by atoms with E-state index in [0.29, 0.717) is 6.42 Å². The van der Waals surface area contributed by atoms with Gasteiger partial charge in [-0.15, -0.1) is 0 Å². The molecule has 3 N–H and O–H groups in total. The Hall–Kier alpha value is -1.66. The summed E-state index contributed by atoms with van der Waals surface area (Å²) in [7, 11) is 0. The first-order chi connectivity index (χ1) is 8.35. The Bertz CT molecular complexity index is 436. The summed E-state index contributed by atoms with van der Waals surface area (Å²) < 4.78 is 7.23. The quantitative estimate of drug-likeness (QED) is 0.577. The highest BCUT2D eigenvalue weighted by Crippen LogP contribution is 2.16. The number of hydrogen-bond acceptors (Lipinski definition) is 5. The van der Waals surface area contributed by atoms with Crippen LogP contribution in [0.4, 0.5) is 0 Å². The minimum Gasteiger partial charge on any atom is -0.468 e. The third kappa shape index (κ3) is 2.72. The Labute approximate surface area is 99.8 Å². The van der Waals surface area contributed by atoms with Crippen LogP contribution in [0.25, 0.3) is 0 Å². The van der Waals surface area contributed by atoms with Crippen LogP contribution in [0.2, 0.25) is 0 Å². The summed E-state index contributed by atoms with van der Waals surface area (Å²) in [5, 5.41) is 4.18. The van der Waals surface area contributed by atoms with Crippen molar-refractivity contribution in [3.8, 4) is 0 Å². The smallest absolute Gasteiger partial charge is 0.138 e. The third-order valence-corrected chi connectivity index (χ3v) is 2.61. The van der Waals surface area contributed by atoms with E-state index in [9.17, 15) is 0 Å². The van der Waals surface area contributed by atoms with E-state index in [0.717, 1.165) is 24.6 Å². The first kappa shape index (κ1) is 11.8. The molecule has 0 fully saturated rings. The van der Waals surface area contributed by atoms with E-state index in [1.165, 1.54) is 0 Å². The predicted octanol–water partition coefficient (Wildman–Crippen LogP) is 1.03. The van der Waals surface area contributed by atoms with Crippen LogP contribution < -0.4 is 11.3 Å². The summed E-state index contributed by atoms with van der Waals surface area (Å²) in [5.41, 5.74) is 2.74. The lowest BCUT2D eigenvalue weighted by Gasteiger charge is -2.13. The number of rotatable bonds is 6. The van der Waals surface area contributed by atoms with Gasteiger partial charge in [-0.2, -0.15) is 5.10 Å². The standard InChI is InChI=1S/C11H17N5O/c1-2-5-16-11(13-8-14-16)7-9(15-12)10-4-3-6-17-10/h3-4,6,8-9,15H,2,5,7,12H2,1H3. The molecule has 1 atom stereocenters. The Morgan fingerprint density at radius 2 is 2.47 bits per heavy atom. The number of aryl methyl sites for hydroxylation is 1. The molecule has 6 nitrogen and oxygen atoms in total. The maximum atomic E-state index is 5.54. The first-order valence-corrected chi connectivity index (χ1v) is 5.71. The largest absolute Gasteiger partial charge is 0.468 e. The maximum Gasteiger partial charge on any atom is 0.138 e. The van der Waals surface area contributed by atoms with Crippen molar-refractivity contribution >= 4 is 0 Å². The molecular formula is C11H17N5O. The van der Waals surface area contributed by atoms with Crippen LogP contribution in [-0.2, 0) is 13.0 Å². The maximum absolute atomic E-state index is 5.54. The molecule has 0 aliphatic rings. The molecule has 1 unspecified atom stereocenters. The minimum absolute atomic E-state index is 0.0789. The summed E-state index contributed by atoms with van der Waals surface area (Å²) >= 11 is 0. The summed E-state index contributed by atoms with van der Waals surface area (Å²) in [5.74, 6) is 7.25. The number of furan rings is 1. The molecule has 2 rings (SSSR count). The van der Waals surface area contributed by atoms with Crippen LogP contribution in [0.5, 0.6) is 0 Å². The molecule has 0 bridgehead atoms. The summed E-state index contributed by atoms with van der Waals surface area (Å²) in [4.78, 5) is 4.25. The Kier molecular flexibility index (Phi) is 3.89. The number of nitrogens with zero attached hydrogens (tertiary/aromatic N) is 3. The van der Waals surface area contributed by atoms with Gasteiger partial charge in [0.2, 0.25) is 0 Å². The molecule has 0 aromatic carbocycles. The van der Waals surface area contributed by atoms with Crippen LogP contribution in [0.15, 0.2) is 29.1 Å². The van der Waals surface area contributed by atoms with Crippen molar-refractivity contribution in [2.75, 3.05) is 0 Å². The van der Waals surface area contributed by atoms with Gasteiger partial charge in [0.1, 0.15) is 17.9 Å². The number of aromatic nitrogens is 3. The molecule has 0 aliphatic carbocycles. The molecule has 6 heteroatoms. The van der Waals surface area contributed by atoms with Crippen molar-refractivity contribution in [2.24, 2.45) is 5.84 Å². The fourth-order valence-electron chi connectivity index (χ4n) is 1.76. The van der Waals surface area contributed by atoms with Crippen LogP contribution >= 0.6 is 0 Å². The number of nitrogens with one attached hydrogen (secondary N) is 1. The van der Waals surface area contributed by atoms with E-state index >= 15 is 0 Å². The van der Waals surface area contributed by atoms with Gasteiger partial charge in [-0.3, -0.25) is 10.5 Å². The van der Waals surface area contributed by atoms with Crippen molar-refractivity contribution in [2.45, 2.75) is 32.4 Å². The fourth-order valence-corrected chi connectivity index (χ4v) is 1.76. The van der Waals surface area contributed by atoms with Crippen molar-refractivity contribution in [3.63, 3.8) is 0 Å². The molecule has 0 radical (unpaired) electrons. The monoisotopic (exact) mass is 235 g/mol. The summed E-state index contributed by atoms with van der Waals surface area (Å²) in [6.45, 7) is 2.97. The van der Waals surface area contributed by atoms with Gasteiger partial charge in [0, 0.05) is 13.0 Å². The van der Waals surface area contributed by atoms with Gasteiger partial charge in [0.15, 0.2) is 0 Å². The fraction of sp³-hybridized carbons (Fsp3) is 0.455. The van der Waals surface area contributed by atoms with Gasteiger partial charge in [-0.05, 0) is 18.6 Å². The number of hydrazine groups is 1. The normalized spacial score (nSPS) is 12.8. The van der Waals surface area contributed by atoms with Crippen molar-refractivity contribution in [1.82, 2.24) is 20.2 Å². The average Bonchev–Trinajstić information content (AvgIpc) is 2.97. The molecule has 17 heavy (non-hydrogen) atoms. The van der Waals surface area contributed by atoms with Crippen molar-refractivity contribution < 1.29 is 4.42 Å². The van der Waals surface area contributed by atoms with Gasteiger partial charge in [-0.25, -0.2) is 10.4 Å². The zero-order valence-electron chi connectivity index (χ0n) is 9.84. The van der Waals surface area contributed by atoms with E-state index in [1.807, 2.05) is 16.8 Å². The van der Waals surface area contributed by atoms with Crippen LogP contribution in [0, 0.1) is 0 Å². The minimum atomic E-state index is -0.0789. The van der Waals surface area contributed by atoms with E-state index in [1.54, 1.807) is 12.6 Å². The van der Waals surface area contributed by atoms with Crippen LogP contribution in [0.1, 0.15) is 31.0 Å². The molecule has 0 saturated heterocycles. The van der Waals surface area contributed by atoms with E-state index in [2.05, 4.69) is 22.4 Å². The second-order valence-corrected chi connectivity index (χ2v) is 3.84. The second-order valence-electron chi connectivity index (χ2n) is 3.84. The van der Waals surface area contributed by atoms with E-state index < -0.39 is 0 Å². The molecule has 2 aromatic heterocycles. The summed E-state index contributed by atoms with van der Waals surface area (Å²) in [6, 6.07) is 3.66. The highest BCUT2D eigenvalue weighted by atomic mass is 16.3. The highest BCUT2D eigenvalue weighted by molar-refractivity contribution is 5.06. The molecular weight excluding hydrogens is 218 g/mol. The van der Waals surface area contributed by atoms with E-state index in [-0.39, 0.29) is 6.04 Å². The molecule has 2 heterocycles. The number of hydrogen-bond donors (Lipinski definition) is 2. The first-order valence-electron chi connectivity index (χ1n) is 5.71. The number of nitrogens with two attached hydrogens (primary N) is 1. The van der Waals surface area contributed by atoms with Crippen molar-refractivity contribution in [1.29, 1.82) is 0 Å².